The summed E-state index contributed by atoms with van der Waals surface area (Å²) in [6.07, 6.45) is 3.74. The molecule has 3 aromatic carbocycles. The molecule has 2 heterocycles. The monoisotopic (exact) mass is 436 g/mol. The largest absolute Gasteiger partial charge is 0.497 e. The van der Waals surface area contributed by atoms with Gasteiger partial charge in [-0.3, -0.25) is 4.79 Å². The Kier molecular flexibility index (Phi) is 5.40. The van der Waals surface area contributed by atoms with Crippen molar-refractivity contribution in [1.29, 1.82) is 0 Å². The van der Waals surface area contributed by atoms with E-state index in [4.69, 9.17) is 4.74 Å². The van der Waals surface area contributed by atoms with Crippen molar-refractivity contribution in [2.24, 2.45) is 0 Å². The van der Waals surface area contributed by atoms with Gasteiger partial charge in [0.05, 0.1) is 19.3 Å². The number of fused-ring (bicyclic) bond motifs is 1. The smallest absolute Gasteiger partial charge is 0.261 e. The number of nitrogens with zero attached hydrogens (tertiary/aromatic N) is 2. The first kappa shape index (κ1) is 20.6. The van der Waals surface area contributed by atoms with Crippen molar-refractivity contribution >= 4 is 23.1 Å². The van der Waals surface area contributed by atoms with Crippen LogP contribution in [0.3, 0.4) is 0 Å². The summed E-state index contributed by atoms with van der Waals surface area (Å²) < 4.78 is 7.16. The first-order chi connectivity index (χ1) is 16.1. The number of allylic oxidation sites excluding steroid dienone is 1. The normalized spacial score (nSPS) is 14.6. The number of ether oxygens (including phenoxy) is 1. The molecule has 0 unspecified atom stereocenters. The van der Waals surface area contributed by atoms with Crippen LogP contribution in [0.25, 0.3) is 5.70 Å². The quantitative estimate of drug-likeness (QED) is 0.433. The molecule has 5 rings (SSSR count). The van der Waals surface area contributed by atoms with Gasteiger partial charge in [-0.25, -0.2) is 4.68 Å². The minimum absolute atomic E-state index is 0.179. The molecule has 33 heavy (non-hydrogen) atoms. The average molecular weight is 437 g/mol. The van der Waals surface area contributed by atoms with Gasteiger partial charge in [-0.05, 0) is 48.4 Å². The maximum atomic E-state index is 13.1. The number of amides is 1. The SMILES string of the molecule is COc1ccc([C@@H]2C=C(c3ccc(C)cc3)Nc3c(C(=O)Nc4ccccc4)cnn32)cc1. The van der Waals surface area contributed by atoms with Crippen LogP contribution in [0.4, 0.5) is 11.5 Å². The average Bonchev–Trinajstić information content (AvgIpc) is 3.29. The minimum atomic E-state index is -0.214. The number of nitrogens with one attached hydrogen (secondary N) is 2. The number of carbonyl (C=O) groups is 1. The molecule has 4 aromatic rings. The summed E-state index contributed by atoms with van der Waals surface area (Å²) in [6, 6.07) is 25.5. The highest BCUT2D eigenvalue weighted by atomic mass is 16.5. The van der Waals surface area contributed by atoms with Crippen LogP contribution in [-0.2, 0) is 0 Å². The van der Waals surface area contributed by atoms with Gasteiger partial charge in [0.2, 0.25) is 0 Å². The summed E-state index contributed by atoms with van der Waals surface area (Å²) in [4.78, 5) is 13.1. The van der Waals surface area contributed by atoms with Gasteiger partial charge in [0, 0.05) is 11.4 Å². The molecule has 1 aliphatic heterocycles. The van der Waals surface area contributed by atoms with Crippen LogP contribution in [0, 0.1) is 6.92 Å². The number of aryl methyl sites for hydroxylation is 1. The first-order valence-corrected chi connectivity index (χ1v) is 10.8. The molecule has 6 nitrogen and oxygen atoms in total. The molecule has 6 heteroatoms. The Morgan fingerprint density at radius 2 is 1.73 bits per heavy atom. The molecule has 0 aliphatic carbocycles. The molecule has 1 amide bonds. The zero-order valence-electron chi connectivity index (χ0n) is 18.4. The van der Waals surface area contributed by atoms with Gasteiger partial charge in [-0.1, -0.05) is 60.2 Å². The van der Waals surface area contributed by atoms with Gasteiger partial charge in [0.15, 0.2) is 0 Å². The summed E-state index contributed by atoms with van der Waals surface area (Å²) in [7, 11) is 1.65. The maximum Gasteiger partial charge on any atom is 0.261 e. The predicted molar refractivity (Wildman–Crippen MR) is 131 cm³/mol. The zero-order chi connectivity index (χ0) is 22.8. The Bertz CT molecular complexity index is 1310. The first-order valence-electron chi connectivity index (χ1n) is 10.8. The van der Waals surface area contributed by atoms with E-state index in [2.05, 4.69) is 53.0 Å². The van der Waals surface area contributed by atoms with Crippen LogP contribution < -0.4 is 15.4 Å². The van der Waals surface area contributed by atoms with E-state index in [9.17, 15) is 4.79 Å². The molecule has 0 radical (unpaired) electrons. The van der Waals surface area contributed by atoms with Crippen LogP contribution in [0.15, 0.2) is 91.1 Å². The lowest BCUT2D eigenvalue weighted by molar-refractivity contribution is 0.102. The fraction of sp³-hybridized carbons (Fsp3) is 0.111. The molecular formula is C27H24N4O2. The Morgan fingerprint density at radius 1 is 1.00 bits per heavy atom. The van der Waals surface area contributed by atoms with Crippen molar-refractivity contribution in [3.05, 3.63) is 113 Å². The second-order valence-electron chi connectivity index (χ2n) is 7.96. The fourth-order valence-corrected chi connectivity index (χ4v) is 3.92. The van der Waals surface area contributed by atoms with Crippen LogP contribution >= 0.6 is 0 Å². The highest BCUT2D eigenvalue weighted by molar-refractivity contribution is 6.08. The van der Waals surface area contributed by atoms with Crippen molar-refractivity contribution in [1.82, 2.24) is 9.78 Å². The van der Waals surface area contributed by atoms with Gasteiger partial charge in [-0.15, -0.1) is 0 Å². The molecule has 0 saturated heterocycles. The molecule has 2 N–H and O–H groups in total. The Balaban J connectivity index is 1.56. The van der Waals surface area contributed by atoms with E-state index in [1.807, 2.05) is 59.3 Å². The van der Waals surface area contributed by atoms with E-state index in [1.54, 1.807) is 13.3 Å². The van der Waals surface area contributed by atoms with Crippen molar-refractivity contribution in [2.75, 3.05) is 17.7 Å². The molecule has 0 fully saturated rings. The fourth-order valence-electron chi connectivity index (χ4n) is 3.92. The van der Waals surface area contributed by atoms with Gasteiger partial charge in [0.25, 0.3) is 5.91 Å². The van der Waals surface area contributed by atoms with Gasteiger partial charge in [-0.2, -0.15) is 5.10 Å². The van der Waals surface area contributed by atoms with E-state index in [0.29, 0.717) is 11.4 Å². The van der Waals surface area contributed by atoms with Gasteiger partial charge >= 0.3 is 0 Å². The van der Waals surface area contributed by atoms with Crippen molar-refractivity contribution < 1.29 is 9.53 Å². The molecule has 0 spiro atoms. The summed E-state index contributed by atoms with van der Waals surface area (Å²) in [5.41, 5.74) is 5.42. The standard InChI is InChI=1S/C27H24N4O2/c1-18-8-10-19(11-9-18)24-16-25(20-12-14-22(33-2)15-13-20)31-26(30-24)23(17-28-31)27(32)29-21-6-4-3-5-7-21/h3-17,25,30H,1-2H3,(H,29,32)/t25-/m0/s1. The second kappa shape index (κ2) is 8.67. The minimum Gasteiger partial charge on any atom is -0.497 e. The van der Waals surface area contributed by atoms with Crippen LogP contribution in [0.1, 0.15) is 33.1 Å². The molecular weight excluding hydrogens is 412 g/mol. The lowest BCUT2D eigenvalue weighted by Gasteiger charge is -2.26. The molecule has 0 bridgehead atoms. The Labute approximate surface area is 192 Å². The number of rotatable bonds is 5. The maximum absolute atomic E-state index is 13.1. The highest BCUT2D eigenvalue weighted by Gasteiger charge is 2.28. The van der Waals surface area contributed by atoms with Crippen molar-refractivity contribution in [3.8, 4) is 5.75 Å². The highest BCUT2D eigenvalue weighted by Crippen LogP contribution is 2.36. The van der Waals surface area contributed by atoms with Gasteiger partial charge < -0.3 is 15.4 Å². The number of carbonyl (C=O) groups excluding carboxylic acids is 1. The number of benzene rings is 3. The third-order valence-corrected chi connectivity index (χ3v) is 5.73. The molecule has 1 aliphatic rings. The van der Waals surface area contributed by atoms with Crippen LogP contribution in [0.2, 0.25) is 0 Å². The summed E-state index contributed by atoms with van der Waals surface area (Å²) in [5, 5.41) is 11.0. The van der Waals surface area contributed by atoms with Crippen LogP contribution in [0.5, 0.6) is 5.75 Å². The van der Waals surface area contributed by atoms with E-state index in [1.165, 1.54) is 5.56 Å². The number of para-hydroxylation sites is 1. The van der Waals surface area contributed by atoms with Gasteiger partial charge in [0.1, 0.15) is 17.1 Å². The summed E-state index contributed by atoms with van der Waals surface area (Å²) in [5.74, 6) is 1.23. The zero-order valence-corrected chi connectivity index (χ0v) is 18.4. The number of hydrogen-bond donors (Lipinski definition) is 2. The van der Waals surface area contributed by atoms with Crippen molar-refractivity contribution in [3.63, 3.8) is 0 Å². The third kappa shape index (κ3) is 4.11. The van der Waals surface area contributed by atoms with Crippen molar-refractivity contribution in [2.45, 2.75) is 13.0 Å². The summed E-state index contributed by atoms with van der Waals surface area (Å²) >= 11 is 0. The van der Waals surface area contributed by atoms with E-state index < -0.39 is 0 Å². The van der Waals surface area contributed by atoms with E-state index >= 15 is 0 Å². The second-order valence-corrected chi connectivity index (χ2v) is 7.96. The molecule has 164 valence electrons. The topological polar surface area (TPSA) is 68.2 Å². The molecule has 1 atom stereocenters. The number of aromatic nitrogens is 2. The Morgan fingerprint density at radius 3 is 2.42 bits per heavy atom. The lowest BCUT2D eigenvalue weighted by atomic mass is 10.0. The Hall–Kier alpha value is -4.32. The summed E-state index contributed by atoms with van der Waals surface area (Å²) in [6.45, 7) is 2.06. The molecule has 1 aromatic heterocycles. The van der Waals surface area contributed by atoms with E-state index in [0.717, 1.165) is 28.3 Å². The number of hydrogen-bond acceptors (Lipinski definition) is 4. The lowest BCUT2D eigenvalue weighted by Crippen LogP contribution is -2.22. The number of anilines is 2. The molecule has 0 saturated carbocycles. The van der Waals surface area contributed by atoms with Crippen LogP contribution in [-0.4, -0.2) is 22.8 Å². The van der Waals surface area contributed by atoms with E-state index in [-0.39, 0.29) is 11.9 Å². The predicted octanol–water partition coefficient (Wildman–Crippen LogP) is 5.51. The number of methoxy groups -OCH3 is 1. The third-order valence-electron chi connectivity index (χ3n) is 5.73.